The van der Waals surface area contributed by atoms with E-state index in [0.717, 1.165) is 11.1 Å². The summed E-state index contributed by atoms with van der Waals surface area (Å²) in [6, 6.07) is 21.1. The fraction of sp³-hybridized carbons (Fsp3) is 0.312. The molecule has 0 aliphatic carbocycles. The van der Waals surface area contributed by atoms with Crippen molar-refractivity contribution in [1.82, 2.24) is 5.01 Å². The van der Waals surface area contributed by atoms with Crippen LogP contribution in [-0.2, 0) is 14.3 Å². The second kappa shape index (κ2) is 9.33. The van der Waals surface area contributed by atoms with Gasteiger partial charge in [0.1, 0.15) is 12.1 Å². The van der Waals surface area contributed by atoms with E-state index in [-0.39, 0.29) is 11.7 Å². The van der Waals surface area contributed by atoms with Gasteiger partial charge in [-0.1, -0.05) is 69.3 Å². The zero-order valence-electron chi connectivity index (χ0n) is 23.1. The van der Waals surface area contributed by atoms with Crippen LogP contribution in [0.1, 0.15) is 55.0 Å². The number of methoxy groups -OCH3 is 2. The van der Waals surface area contributed by atoms with Gasteiger partial charge in [-0.05, 0) is 41.0 Å². The van der Waals surface area contributed by atoms with E-state index in [9.17, 15) is 9.59 Å². The Kier molecular flexibility index (Phi) is 6.02. The second-order valence-corrected chi connectivity index (χ2v) is 11.3. The third-order valence-corrected chi connectivity index (χ3v) is 7.98. The SMILES string of the molecule is COc1ccc([C@@H]2[C@H](C(=O)C(C)(C)C)N3N=Cc4ccccc4[C@H]3[C@]23N=C(c2ccccc2)OC3=O)cc1OC. The minimum absolute atomic E-state index is 0.0538. The number of Topliss-reactive ketones (excluding diaryl/α,β-unsaturated/α-hetero) is 1. The Morgan fingerprint density at radius 1 is 0.950 bits per heavy atom. The normalized spacial score (nSPS) is 24.8. The highest BCUT2D eigenvalue weighted by Crippen LogP contribution is 2.59. The molecule has 0 amide bonds. The molecule has 0 radical (unpaired) electrons. The summed E-state index contributed by atoms with van der Waals surface area (Å²) < 4.78 is 17.1. The van der Waals surface area contributed by atoms with Crippen molar-refractivity contribution in [3.63, 3.8) is 0 Å². The summed E-state index contributed by atoms with van der Waals surface area (Å²) in [5.41, 5.74) is 0.901. The van der Waals surface area contributed by atoms with E-state index in [4.69, 9.17) is 24.3 Å². The molecule has 0 saturated carbocycles. The molecule has 4 atom stereocenters. The highest BCUT2D eigenvalue weighted by molar-refractivity contribution is 6.10. The van der Waals surface area contributed by atoms with Crippen LogP contribution < -0.4 is 9.47 Å². The van der Waals surface area contributed by atoms with E-state index in [1.54, 1.807) is 31.5 Å². The predicted octanol–water partition coefficient (Wildman–Crippen LogP) is 4.92. The topological polar surface area (TPSA) is 89.8 Å². The van der Waals surface area contributed by atoms with E-state index < -0.39 is 34.9 Å². The first-order valence-electron chi connectivity index (χ1n) is 13.3. The number of hydrazone groups is 1. The van der Waals surface area contributed by atoms with Crippen molar-refractivity contribution < 1.29 is 23.8 Å². The van der Waals surface area contributed by atoms with Gasteiger partial charge >= 0.3 is 5.97 Å². The van der Waals surface area contributed by atoms with Gasteiger partial charge in [0.05, 0.1) is 26.4 Å². The largest absolute Gasteiger partial charge is 0.493 e. The minimum atomic E-state index is -1.50. The fourth-order valence-corrected chi connectivity index (χ4v) is 6.13. The maximum Gasteiger partial charge on any atom is 0.344 e. The number of carbonyl (C=O) groups excluding carboxylic acids is 2. The summed E-state index contributed by atoms with van der Waals surface area (Å²) in [5.74, 6) is -0.0443. The van der Waals surface area contributed by atoms with Crippen LogP contribution in [-0.4, -0.2) is 54.7 Å². The van der Waals surface area contributed by atoms with Crippen LogP contribution in [0.3, 0.4) is 0 Å². The quantitative estimate of drug-likeness (QED) is 0.430. The van der Waals surface area contributed by atoms with Crippen LogP contribution >= 0.6 is 0 Å². The number of cyclic esters (lactones) is 1. The second-order valence-electron chi connectivity index (χ2n) is 11.3. The number of aliphatic imine (C=N–C) groups is 1. The third kappa shape index (κ3) is 3.73. The Bertz CT molecular complexity index is 1560. The van der Waals surface area contributed by atoms with E-state index in [0.29, 0.717) is 22.6 Å². The molecular formula is C32H31N3O5. The maximum atomic E-state index is 14.3. The molecule has 0 bridgehead atoms. The molecule has 40 heavy (non-hydrogen) atoms. The molecule has 204 valence electrons. The van der Waals surface area contributed by atoms with Crippen molar-refractivity contribution in [2.45, 2.75) is 44.3 Å². The van der Waals surface area contributed by atoms with Crippen molar-refractivity contribution in [1.29, 1.82) is 0 Å². The summed E-state index contributed by atoms with van der Waals surface area (Å²) in [4.78, 5) is 33.8. The first kappa shape index (κ1) is 25.8. The van der Waals surface area contributed by atoms with Crippen LogP contribution in [0.25, 0.3) is 0 Å². The van der Waals surface area contributed by atoms with Gasteiger partial charge in [-0.2, -0.15) is 5.10 Å². The Labute approximate surface area is 233 Å². The number of rotatable bonds is 5. The lowest BCUT2D eigenvalue weighted by Crippen LogP contribution is -2.45. The van der Waals surface area contributed by atoms with Gasteiger partial charge in [0.15, 0.2) is 22.8 Å². The Hall–Kier alpha value is -4.46. The fourth-order valence-electron chi connectivity index (χ4n) is 6.13. The standard InChI is InChI=1S/C32H31N3O5/c1-31(2,3)28(36)26-25(20-15-16-23(38-4)24(17-20)39-5)32(27-22-14-10-9-13-21(22)18-33-35(26)27)30(37)40-29(34-32)19-11-7-6-8-12-19/h6-18,25-27H,1-5H3/t25-,26-,27+,32-/m1/s1. The summed E-state index contributed by atoms with van der Waals surface area (Å²) in [7, 11) is 3.13. The molecule has 6 rings (SSSR count). The number of ketones is 1. The van der Waals surface area contributed by atoms with Gasteiger partial charge in [0.2, 0.25) is 5.90 Å². The number of benzene rings is 3. The number of carbonyl (C=O) groups is 2. The van der Waals surface area contributed by atoms with Crippen LogP contribution in [0.4, 0.5) is 0 Å². The van der Waals surface area contributed by atoms with Crippen molar-refractivity contribution in [2.24, 2.45) is 15.5 Å². The van der Waals surface area contributed by atoms with Gasteiger partial charge in [0.25, 0.3) is 0 Å². The zero-order chi connectivity index (χ0) is 28.2. The van der Waals surface area contributed by atoms with Gasteiger partial charge in [-0.15, -0.1) is 0 Å². The number of ether oxygens (including phenoxy) is 3. The average molecular weight is 538 g/mol. The number of hydrogen-bond acceptors (Lipinski definition) is 8. The van der Waals surface area contributed by atoms with Crippen molar-refractivity contribution in [3.05, 3.63) is 95.1 Å². The summed E-state index contributed by atoms with van der Waals surface area (Å²) in [5, 5.41) is 6.58. The highest BCUT2D eigenvalue weighted by atomic mass is 16.6. The van der Waals surface area contributed by atoms with Gasteiger partial charge < -0.3 is 14.2 Å². The average Bonchev–Trinajstić information content (AvgIpc) is 3.46. The smallest absolute Gasteiger partial charge is 0.344 e. The molecule has 8 nitrogen and oxygen atoms in total. The van der Waals surface area contributed by atoms with E-state index in [2.05, 4.69) is 0 Å². The monoisotopic (exact) mass is 537 g/mol. The highest BCUT2D eigenvalue weighted by Gasteiger charge is 2.71. The first-order chi connectivity index (χ1) is 19.2. The molecule has 3 aromatic carbocycles. The van der Waals surface area contributed by atoms with Gasteiger partial charge in [-0.3, -0.25) is 9.80 Å². The van der Waals surface area contributed by atoms with Crippen LogP contribution in [0.2, 0.25) is 0 Å². The number of fused-ring (bicyclic) bond motifs is 4. The first-order valence-corrected chi connectivity index (χ1v) is 13.3. The molecule has 0 aromatic heterocycles. The Balaban J connectivity index is 1.67. The molecule has 3 aliphatic rings. The predicted molar refractivity (Wildman–Crippen MR) is 151 cm³/mol. The molecule has 8 heteroatoms. The van der Waals surface area contributed by atoms with Crippen LogP contribution in [0.15, 0.2) is 82.9 Å². The zero-order valence-corrected chi connectivity index (χ0v) is 23.1. The van der Waals surface area contributed by atoms with E-state index >= 15 is 0 Å². The van der Waals surface area contributed by atoms with Crippen molar-refractivity contribution >= 4 is 23.9 Å². The molecule has 3 heterocycles. The lowest BCUT2D eigenvalue weighted by atomic mass is 9.70. The molecule has 0 unspecified atom stereocenters. The lowest BCUT2D eigenvalue weighted by molar-refractivity contribution is -0.140. The third-order valence-electron chi connectivity index (χ3n) is 7.98. The van der Waals surface area contributed by atoms with E-state index in [1.165, 1.54) is 0 Å². The molecule has 1 fully saturated rings. The van der Waals surface area contributed by atoms with Gasteiger partial charge in [0, 0.05) is 11.0 Å². The number of esters is 1. The molecule has 3 aromatic rings. The number of hydrogen-bond donors (Lipinski definition) is 0. The van der Waals surface area contributed by atoms with Gasteiger partial charge in [-0.25, -0.2) is 9.79 Å². The molecule has 1 saturated heterocycles. The van der Waals surface area contributed by atoms with Crippen LogP contribution in [0.5, 0.6) is 11.5 Å². The van der Waals surface area contributed by atoms with Crippen molar-refractivity contribution in [2.75, 3.05) is 14.2 Å². The minimum Gasteiger partial charge on any atom is -0.493 e. The Morgan fingerprint density at radius 2 is 1.65 bits per heavy atom. The van der Waals surface area contributed by atoms with Crippen molar-refractivity contribution in [3.8, 4) is 11.5 Å². The number of nitrogens with zero attached hydrogens (tertiary/aromatic N) is 3. The summed E-state index contributed by atoms with van der Waals surface area (Å²) in [6.07, 6.45) is 1.75. The summed E-state index contributed by atoms with van der Waals surface area (Å²) >= 11 is 0. The van der Waals surface area contributed by atoms with E-state index in [1.807, 2.05) is 87.5 Å². The molecule has 1 spiro atoms. The Morgan fingerprint density at radius 3 is 2.35 bits per heavy atom. The van der Waals surface area contributed by atoms with Crippen LogP contribution in [0, 0.1) is 5.41 Å². The maximum absolute atomic E-state index is 14.3. The summed E-state index contributed by atoms with van der Waals surface area (Å²) in [6.45, 7) is 5.65. The lowest BCUT2D eigenvalue weighted by Gasteiger charge is -2.35. The molecule has 0 N–H and O–H groups in total. The molecular weight excluding hydrogens is 506 g/mol. The molecule has 3 aliphatic heterocycles.